The van der Waals surface area contributed by atoms with Crippen LogP contribution in [0.1, 0.15) is 217 Å². The van der Waals surface area contributed by atoms with E-state index in [2.05, 4.69) is 112 Å². The summed E-state index contributed by atoms with van der Waals surface area (Å²) >= 11 is 0. The quantitative estimate of drug-likeness (QED) is 0.109. The van der Waals surface area contributed by atoms with E-state index >= 15 is 0 Å². The van der Waals surface area contributed by atoms with Gasteiger partial charge in [-0.25, -0.2) is 4.85 Å². The van der Waals surface area contributed by atoms with Gasteiger partial charge < -0.3 is 35.0 Å². The highest BCUT2D eigenvalue weighted by Gasteiger charge is 2.46. The summed E-state index contributed by atoms with van der Waals surface area (Å²) in [6.07, 6.45) is 10.2. The number of hydrogen-bond donors (Lipinski definition) is 2. The van der Waals surface area contributed by atoms with Crippen LogP contribution < -0.4 is 20.3 Å². The normalized spacial score (nSPS) is 19.0. The van der Waals surface area contributed by atoms with Crippen LogP contribution in [0.5, 0.6) is 5.75 Å². The summed E-state index contributed by atoms with van der Waals surface area (Å²) in [7, 11) is 3.48. The van der Waals surface area contributed by atoms with E-state index in [1.54, 1.807) is 18.1 Å². The van der Waals surface area contributed by atoms with E-state index in [0.717, 1.165) is 143 Å². The maximum Gasteiger partial charge on any atom is 0.254 e. The molecule has 6 atom stereocenters. The Morgan fingerprint density at radius 2 is 0.944 bits per heavy atom. The molecule has 8 aromatic carbocycles. The Bertz CT molecular complexity index is 4490. The number of methoxy groups -OCH3 is 1. The van der Waals surface area contributed by atoms with Crippen molar-refractivity contribution in [3.8, 4) is 5.75 Å². The van der Waals surface area contributed by atoms with Crippen LogP contribution in [0.2, 0.25) is 0 Å². The molecular formula is C93H111N7O7. The van der Waals surface area contributed by atoms with Gasteiger partial charge >= 0.3 is 0 Å². The van der Waals surface area contributed by atoms with Gasteiger partial charge in [-0.1, -0.05) is 199 Å². The van der Waals surface area contributed by atoms with Crippen LogP contribution in [0.25, 0.3) is 4.85 Å². The Morgan fingerprint density at radius 3 is 1.51 bits per heavy atom. The fourth-order valence-electron chi connectivity index (χ4n) is 16.5. The van der Waals surface area contributed by atoms with E-state index in [0.29, 0.717) is 42.5 Å². The van der Waals surface area contributed by atoms with Crippen molar-refractivity contribution in [1.29, 1.82) is 0 Å². The molecule has 3 saturated heterocycles. The summed E-state index contributed by atoms with van der Waals surface area (Å²) in [6.45, 7) is 36.4. The molecule has 14 nitrogen and oxygen atoms in total. The molecule has 3 aliphatic heterocycles. The number of aryl methyl sites for hydroxylation is 7. The average molecular weight is 1440 g/mol. The topological polar surface area (TPSA) is 153 Å². The highest BCUT2D eigenvalue weighted by molar-refractivity contribution is 6.02. The van der Waals surface area contributed by atoms with E-state index in [-0.39, 0.29) is 82.2 Å². The number of benzene rings is 8. The average Bonchev–Trinajstić information content (AvgIpc) is 0.784. The highest BCUT2D eigenvalue weighted by Crippen LogP contribution is 2.44. The first-order chi connectivity index (χ1) is 51.1. The van der Waals surface area contributed by atoms with Crippen LogP contribution >= 0.6 is 0 Å². The number of carbonyl (C=O) groups is 6. The Hall–Kier alpha value is -10.1. The standard InChI is InChI=1S/C32H38N2O3.C32H38N2O2.C29H35N3O2/c1-22-11-7-8-14-27(22)31(36)34-20-10-15-28(29(34)23-16-18-26(37-6)19-17-23)30(35)33(5)25-13-9-12-24(21-25)32(2,3)4;1-21-15-17-24(18-16-21)29-27(30(35)33-26-13-8-12-25(20-26)32(4,5)6)14-9-19-34(29)31(36)28-22(2)10-7-11-23(28)3;1-19-15-16-24(30-4)25(18-19)31-28(33)23-14-9-17-32(27(23)22-12-6-5-7-13-22)29(34)26-20(2)10-8-11-21(26)3/h7-9,11-14,16-19,21,28-29H,10,15,20H2,1-6H3;7-8,10-13,15-18,20,27,29H,9,14,19H2,1-6H3,(H,33,35);8,10-11,15-16,18,22-23,27H,5-7,9,12-14,17H2,1-3H3,(H,31,33)/t28-,29-;27-,29-;23-,27-/m000/s1. The van der Waals surface area contributed by atoms with Crippen LogP contribution in [0.4, 0.5) is 22.7 Å². The van der Waals surface area contributed by atoms with Gasteiger partial charge in [0, 0.05) is 66.5 Å². The van der Waals surface area contributed by atoms with Crippen LogP contribution in [-0.4, -0.2) is 90.0 Å². The predicted molar refractivity (Wildman–Crippen MR) is 433 cm³/mol. The molecule has 4 fully saturated rings. The fourth-order valence-corrected chi connectivity index (χ4v) is 16.5. The predicted octanol–water partition coefficient (Wildman–Crippen LogP) is 20.3. The SMILES string of the molecule is COc1ccc([C@H]2[C@@H](C(=O)N(C)c3cccc(C(C)(C)C)c3)CCCN2C(=O)c2ccccc2C)cc1.Cc1ccc([C@H]2[C@@H](C(=O)Nc3cccc(C(C)(C)C)c3)CCCN2C(=O)c2c(C)cccc2C)cc1.[C-]#[N+]c1ccc(C)cc1NC(=O)[C@H]1CCCN(C(=O)c2c(C)cccc2C)[C@H]1C1CCCCC1. The maximum atomic E-state index is 14.1. The lowest BCUT2D eigenvalue weighted by Gasteiger charge is -2.46. The van der Waals surface area contributed by atoms with Crippen molar-refractivity contribution >= 4 is 58.2 Å². The Morgan fingerprint density at radius 1 is 0.467 bits per heavy atom. The van der Waals surface area contributed by atoms with Gasteiger partial charge in [0.2, 0.25) is 23.4 Å². The zero-order chi connectivity index (χ0) is 77.0. The second kappa shape index (κ2) is 35.1. The van der Waals surface area contributed by atoms with E-state index < -0.39 is 0 Å². The van der Waals surface area contributed by atoms with Crippen LogP contribution in [0, 0.1) is 78.7 Å². The van der Waals surface area contributed by atoms with Crippen molar-refractivity contribution in [3.63, 3.8) is 0 Å². The summed E-state index contributed by atoms with van der Waals surface area (Å²) in [5.41, 5.74) is 16.2. The molecule has 107 heavy (non-hydrogen) atoms. The Balaban J connectivity index is 0.000000172. The summed E-state index contributed by atoms with van der Waals surface area (Å²) in [5.74, 6) is 0.0464. The third kappa shape index (κ3) is 18.8. The molecule has 8 aromatic rings. The van der Waals surface area contributed by atoms with E-state index in [1.165, 1.54) is 17.5 Å². The molecule has 12 rings (SSSR count). The number of likely N-dealkylation sites (tertiary alicyclic amines) is 3. The second-order valence-electron chi connectivity index (χ2n) is 32.2. The highest BCUT2D eigenvalue weighted by atomic mass is 16.5. The summed E-state index contributed by atoms with van der Waals surface area (Å²) in [5, 5.41) is 6.25. The third-order valence-corrected chi connectivity index (χ3v) is 22.5. The van der Waals surface area contributed by atoms with Crippen molar-refractivity contribution < 1.29 is 33.5 Å². The zero-order valence-corrected chi connectivity index (χ0v) is 65.8. The van der Waals surface area contributed by atoms with Crippen molar-refractivity contribution in [3.05, 3.63) is 265 Å². The van der Waals surface area contributed by atoms with Gasteiger partial charge in [0.25, 0.3) is 17.7 Å². The van der Waals surface area contributed by atoms with Crippen LogP contribution in [-0.2, 0) is 25.2 Å². The smallest absolute Gasteiger partial charge is 0.254 e. The van der Waals surface area contributed by atoms with E-state index in [4.69, 9.17) is 11.3 Å². The number of carbonyl (C=O) groups excluding carboxylic acids is 6. The van der Waals surface area contributed by atoms with Crippen LogP contribution in [0.15, 0.2) is 176 Å². The third-order valence-electron chi connectivity index (χ3n) is 22.5. The molecular weight excluding hydrogens is 1330 g/mol. The first-order valence-electron chi connectivity index (χ1n) is 38.5. The van der Waals surface area contributed by atoms with Crippen molar-refractivity contribution in [2.24, 2.45) is 23.7 Å². The van der Waals surface area contributed by atoms with Gasteiger partial charge in [0.1, 0.15) is 5.75 Å². The molecule has 14 heteroatoms. The minimum atomic E-state index is -0.368. The number of piperidine rings is 3. The summed E-state index contributed by atoms with van der Waals surface area (Å²) < 4.78 is 5.37. The Labute approximate surface area is 636 Å². The molecule has 560 valence electrons. The van der Waals surface area contributed by atoms with Gasteiger partial charge in [0.05, 0.1) is 43.5 Å². The Kier molecular flexibility index (Phi) is 26.0. The number of nitrogens with zero attached hydrogens (tertiary/aromatic N) is 5. The number of nitrogens with one attached hydrogen (secondary N) is 2. The molecule has 1 aliphatic carbocycles. The first-order valence-corrected chi connectivity index (χ1v) is 38.5. The molecule has 0 bridgehead atoms. The molecule has 0 radical (unpaired) electrons. The number of anilines is 3. The van der Waals surface area contributed by atoms with Gasteiger partial charge in [-0.15, -0.1) is 0 Å². The molecule has 0 aromatic heterocycles. The number of rotatable bonds is 13. The fraction of sp³-hybridized carbons (Fsp3) is 0.409. The van der Waals surface area contributed by atoms with Gasteiger partial charge in [-0.3, -0.25) is 28.8 Å². The lowest BCUT2D eigenvalue weighted by atomic mass is 9.74. The maximum absolute atomic E-state index is 14.1. The van der Waals surface area contributed by atoms with Gasteiger partial charge in [-0.05, 0) is 215 Å². The van der Waals surface area contributed by atoms with E-state index in [1.807, 2.05) is 185 Å². The van der Waals surface area contributed by atoms with Crippen molar-refractivity contribution in [2.75, 3.05) is 49.3 Å². The summed E-state index contributed by atoms with van der Waals surface area (Å²) in [6, 6.07) is 56.6. The molecule has 0 unspecified atom stereocenters. The van der Waals surface area contributed by atoms with Gasteiger partial charge in [0.15, 0.2) is 0 Å². The molecule has 2 N–H and O–H groups in total. The van der Waals surface area contributed by atoms with Crippen molar-refractivity contribution in [2.45, 2.75) is 190 Å². The molecule has 4 aliphatic rings. The number of amides is 6. The van der Waals surface area contributed by atoms with Crippen LogP contribution in [0.3, 0.4) is 0 Å². The van der Waals surface area contributed by atoms with Gasteiger partial charge in [-0.2, -0.15) is 0 Å². The number of hydrogen-bond acceptors (Lipinski definition) is 7. The second-order valence-corrected chi connectivity index (χ2v) is 32.2. The van der Waals surface area contributed by atoms with E-state index in [9.17, 15) is 28.8 Å². The molecule has 3 heterocycles. The minimum Gasteiger partial charge on any atom is -0.497 e. The largest absolute Gasteiger partial charge is 0.497 e. The zero-order valence-electron chi connectivity index (χ0n) is 65.8. The monoisotopic (exact) mass is 1440 g/mol. The lowest BCUT2D eigenvalue weighted by molar-refractivity contribution is -0.126. The first kappa shape index (κ1) is 79.4. The molecule has 1 saturated carbocycles. The molecule has 0 spiro atoms. The molecule has 6 amide bonds. The van der Waals surface area contributed by atoms with Crippen molar-refractivity contribution in [1.82, 2.24) is 14.7 Å². The lowest BCUT2D eigenvalue weighted by Crippen LogP contribution is -2.55. The minimum absolute atomic E-state index is 0.00315. The number of ether oxygens (including phenoxy) is 1. The summed E-state index contributed by atoms with van der Waals surface area (Å²) in [4.78, 5) is 94.5.